The summed E-state index contributed by atoms with van der Waals surface area (Å²) in [5, 5.41) is 0. The lowest BCUT2D eigenvalue weighted by atomic mass is 10.3. The molecule has 0 aliphatic heterocycles. The van der Waals surface area contributed by atoms with Crippen molar-refractivity contribution in [2.75, 3.05) is 0 Å². The number of aromatic nitrogens is 3. The lowest BCUT2D eigenvalue weighted by Crippen LogP contribution is -1.93. The monoisotopic (exact) mass is 245 g/mol. The number of hydrogen-bond acceptors (Lipinski definition) is 2. The molecule has 0 bridgehead atoms. The molecule has 0 N–H and O–H groups in total. The maximum absolute atomic E-state index is 7.84. The van der Waals surface area contributed by atoms with Crippen LogP contribution in [0, 0.1) is 6.85 Å². The summed E-state index contributed by atoms with van der Waals surface area (Å²) in [5.41, 5.74) is -0.631. The van der Waals surface area contributed by atoms with Crippen LogP contribution in [-0.4, -0.2) is 14.5 Å². The third kappa shape index (κ3) is 1.78. The summed E-state index contributed by atoms with van der Waals surface area (Å²) in [6.07, 6.45) is -1.37. The Balaban J connectivity index is 2.80. The summed E-state index contributed by atoms with van der Waals surface area (Å²) in [6.45, 7) is -2.74. The zero-order chi connectivity index (χ0) is 16.1. The smallest absolute Gasteiger partial charge is 0.137 e. The fourth-order valence-corrected chi connectivity index (χ4v) is 0.982. The summed E-state index contributed by atoms with van der Waals surface area (Å²) >= 11 is 2.96. The molecule has 0 saturated carbocycles. The second kappa shape index (κ2) is 3.30. The molecule has 0 aromatic carbocycles. The van der Waals surface area contributed by atoms with Crippen molar-refractivity contribution in [2.45, 2.75) is 6.85 Å². The average molecular weight is 246 g/mol. The fourth-order valence-electron chi connectivity index (χ4n) is 0.726. The molecule has 4 heteroatoms. The summed E-state index contributed by atoms with van der Waals surface area (Å²) in [6, 6.07) is -1.25. The van der Waals surface area contributed by atoms with Gasteiger partial charge >= 0.3 is 0 Å². The van der Waals surface area contributed by atoms with Crippen molar-refractivity contribution >= 4 is 15.9 Å². The third-order valence-corrected chi connectivity index (χ3v) is 1.59. The second-order valence-electron chi connectivity index (χ2n) is 2.12. The fraction of sp³-hybridized carbons (Fsp3) is 0.111. The summed E-state index contributed by atoms with van der Waals surface area (Å²) in [7, 11) is 0. The molecule has 66 valence electrons. The van der Waals surface area contributed by atoms with Crippen molar-refractivity contribution < 1.29 is 11.0 Å². The Labute approximate surface area is 95.8 Å². The predicted molar refractivity (Wildman–Crippen MR) is 53.8 cm³/mol. The normalized spacial score (nSPS) is 20.1. The van der Waals surface area contributed by atoms with Crippen LogP contribution in [0.25, 0.3) is 5.82 Å². The minimum atomic E-state index is -2.74. The summed E-state index contributed by atoms with van der Waals surface area (Å²) < 4.78 is 61.4. The summed E-state index contributed by atoms with van der Waals surface area (Å²) in [4.78, 5) is 7.33. The van der Waals surface area contributed by atoms with Crippen LogP contribution in [-0.2, 0) is 0 Å². The van der Waals surface area contributed by atoms with E-state index in [4.69, 9.17) is 11.0 Å². The topological polar surface area (TPSA) is 30.7 Å². The van der Waals surface area contributed by atoms with E-state index in [0.717, 1.165) is 4.57 Å². The first-order valence-electron chi connectivity index (χ1n) is 7.25. The molecule has 2 aromatic rings. The van der Waals surface area contributed by atoms with Gasteiger partial charge in [-0.15, -0.1) is 0 Å². The highest BCUT2D eigenvalue weighted by Crippen LogP contribution is 2.09. The number of imidazole rings is 1. The van der Waals surface area contributed by atoms with Gasteiger partial charge < -0.3 is 0 Å². The van der Waals surface area contributed by atoms with Crippen molar-refractivity contribution in [1.82, 2.24) is 14.5 Å². The van der Waals surface area contributed by atoms with Crippen molar-refractivity contribution in [3.8, 4) is 5.82 Å². The van der Waals surface area contributed by atoms with Gasteiger partial charge in [0.2, 0.25) is 0 Å². The standard InChI is InChI=1S/C9H8BrN3/c1-7-2-3-9(11-4-7)13-5-8(10)12-6-13/h2-6H,1H3/i1D3,2D,3D,4D,5D,6D. The molecule has 0 unspecified atom stereocenters. The zero-order valence-corrected chi connectivity index (χ0v) is 7.81. The maximum atomic E-state index is 7.84. The Morgan fingerprint density at radius 2 is 2.46 bits per heavy atom. The highest BCUT2D eigenvalue weighted by atomic mass is 79.9. The molecule has 0 radical (unpaired) electrons. The van der Waals surface area contributed by atoms with E-state index in [1.54, 1.807) is 0 Å². The summed E-state index contributed by atoms with van der Waals surface area (Å²) in [5.74, 6) is -0.341. The van der Waals surface area contributed by atoms with Gasteiger partial charge in [-0.25, -0.2) is 9.97 Å². The first-order valence-corrected chi connectivity index (χ1v) is 4.05. The highest BCUT2D eigenvalue weighted by molar-refractivity contribution is 9.10. The van der Waals surface area contributed by atoms with Gasteiger partial charge in [0.1, 0.15) is 18.1 Å². The maximum Gasteiger partial charge on any atom is 0.137 e. The molecule has 0 aliphatic carbocycles. The Morgan fingerprint density at radius 3 is 3.15 bits per heavy atom. The molecule has 13 heavy (non-hydrogen) atoms. The van der Waals surface area contributed by atoms with E-state index in [0.29, 0.717) is 0 Å². The molecular weight excluding hydrogens is 230 g/mol. The molecule has 3 nitrogen and oxygen atoms in total. The first kappa shape index (κ1) is 3.20. The largest absolute Gasteiger partial charge is 0.289 e. The van der Waals surface area contributed by atoms with Gasteiger partial charge in [-0.05, 0) is 34.4 Å². The predicted octanol–water partition coefficient (Wildman–Crippen LogP) is 2.34. The van der Waals surface area contributed by atoms with Crippen LogP contribution in [0.1, 0.15) is 16.5 Å². The second-order valence-corrected chi connectivity index (χ2v) is 2.87. The Morgan fingerprint density at radius 1 is 1.54 bits per heavy atom. The molecular formula is C9H8BrN3. The van der Waals surface area contributed by atoms with E-state index in [1.807, 2.05) is 0 Å². The molecule has 0 saturated heterocycles. The minimum Gasteiger partial charge on any atom is -0.289 e. The van der Waals surface area contributed by atoms with Gasteiger partial charge in [-0.1, -0.05) is 6.04 Å². The van der Waals surface area contributed by atoms with Crippen LogP contribution in [0.4, 0.5) is 0 Å². The van der Waals surface area contributed by atoms with Crippen molar-refractivity contribution in [3.05, 3.63) is 40.9 Å². The number of nitrogens with zero attached hydrogens (tertiary/aromatic N) is 3. The van der Waals surface area contributed by atoms with E-state index in [-0.39, 0.29) is 16.6 Å². The SMILES string of the molecule is [2H]c1nc(-n2c([2H])nc(Br)c2[2H])c([2H])c([2H])c1C([2H])([2H])[2H]. The van der Waals surface area contributed by atoms with E-state index in [9.17, 15) is 0 Å². The Bertz CT molecular complexity index is 723. The van der Waals surface area contributed by atoms with Crippen LogP contribution in [0.2, 0.25) is 0 Å². The third-order valence-electron chi connectivity index (χ3n) is 1.24. The van der Waals surface area contributed by atoms with Gasteiger partial charge in [-0.2, -0.15) is 0 Å². The number of pyridine rings is 1. The molecule has 0 aliphatic rings. The van der Waals surface area contributed by atoms with Crippen LogP contribution in [0.5, 0.6) is 0 Å². The molecule has 2 heterocycles. The number of halogens is 1. The van der Waals surface area contributed by atoms with E-state index in [2.05, 4.69) is 25.9 Å². The van der Waals surface area contributed by atoms with E-state index < -0.39 is 37.0 Å². The molecule has 0 fully saturated rings. The molecule has 0 atom stereocenters. The van der Waals surface area contributed by atoms with E-state index >= 15 is 0 Å². The van der Waals surface area contributed by atoms with Gasteiger partial charge in [0.15, 0.2) is 0 Å². The minimum absolute atomic E-state index is 0.0478. The highest BCUT2D eigenvalue weighted by Gasteiger charge is 1.98. The van der Waals surface area contributed by atoms with Crippen LogP contribution < -0.4 is 0 Å². The molecule has 2 rings (SSSR count). The zero-order valence-electron chi connectivity index (χ0n) is 14.2. The average Bonchev–Trinajstić information content (AvgIpc) is 2.57. The van der Waals surface area contributed by atoms with Crippen LogP contribution in [0.3, 0.4) is 0 Å². The molecule has 0 amide bonds. The van der Waals surface area contributed by atoms with Crippen molar-refractivity contribution in [3.63, 3.8) is 0 Å². The molecule has 2 aromatic heterocycles. The van der Waals surface area contributed by atoms with Crippen molar-refractivity contribution in [1.29, 1.82) is 0 Å². The van der Waals surface area contributed by atoms with E-state index in [1.165, 1.54) is 0 Å². The van der Waals surface area contributed by atoms with Gasteiger partial charge in [-0.3, -0.25) is 4.57 Å². The molecule has 0 spiro atoms. The van der Waals surface area contributed by atoms with Crippen molar-refractivity contribution in [2.24, 2.45) is 0 Å². The Hall–Kier alpha value is -1.16. The first-order chi connectivity index (χ1) is 9.55. The Kier molecular flexibility index (Phi) is 0.813. The van der Waals surface area contributed by atoms with Crippen LogP contribution in [0.15, 0.2) is 35.3 Å². The lowest BCUT2D eigenvalue weighted by Gasteiger charge is -1.99. The van der Waals surface area contributed by atoms with Crippen LogP contribution >= 0.6 is 15.9 Å². The van der Waals surface area contributed by atoms with Gasteiger partial charge in [0.05, 0.1) is 5.48 Å². The number of rotatable bonds is 1. The van der Waals surface area contributed by atoms with Gasteiger partial charge in [0, 0.05) is 16.5 Å². The quantitative estimate of drug-likeness (QED) is 0.773. The number of hydrogen-bond donors (Lipinski definition) is 0. The van der Waals surface area contributed by atoms with Gasteiger partial charge in [0.25, 0.3) is 0 Å². The lowest BCUT2D eigenvalue weighted by molar-refractivity contribution is 0.988.